The molecule has 1 aliphatic rings. The molecule has 0 N–H and O–H groups in total. The van der Waals surface area contributed by atoms with Crippen LogP contribution in [-0.2, 0) is 20.3 Å². The minimum absolute atomic E-state index is 0.203. The van der Waals surface area contributed by atoms with E-state index in [2.05, 4.69) is 21.5 Å². The maximum absolute atomic E-state index is 13.3. The number of carbonyl (C=O) groups excluding carboxylic acids is 1. The van der Waals surface area contributed by atoms with Gasteiger partial charge in [-0.1, -0.05) is 18.2 Å². The van der Waals surface area contributed by atoms with Crippen LogP contribution in [0.4, 0.5) is 4.79 Å². The van der Waals surface area contributed by atoms with Crippen LogP contribution in [0.25, 0.3) is 22.1 Å². The molecule has 184 valence electrons. The number of carbonyl (C=O) groups is 1. The van der Waals surface area contributed by atoms with Crippen LogP contribution in [0.2, 0.25) is 0 Å². The monoisotopic (exact) mass is 495 g/mol. The number of aromatic nitrogens is 4. The van der Waals surface area contributed by atoms with Crippen molar-refractivity contribution in [3.05, 3.63) is 55.1 Å². The second-order valence-electron chi connectivity index (χ2n) is 10.2. The van der Waals surface area contributed by atoms with Crippen LogP contribution < -0.4 is 0 Å². The Kier molecular flexibility index (Phi) is 5.39. The van der Waals surface area contributed by atoms with E-state index in [0.29, 0.717) is 37.1 Å². The van der Waals surface area contributed by atoms with Crippen molar-refractivity contribution in [3.63, 3.8) is 0 Å². The van der Waals surface area contributed by atoms with E-state index in [1.165, 1.54) is 3.97 Å². The summed E-state index contributed by atoms with van der Waals surface area (Å²) in [5, 5.41) is 0.718. The molecule has 3 aromatic heterocycles. The Balaban J connectivity index is 1.51. The molecule has 0 spiro atoms. The summed E-state index contributed by atoms with van der Waals surface area (Å²) in [6, 6.07) is 10.1. The van der Waals surface area contributed by atoms with Crippen molar-refractivity contribution in [2.45, 2.75) is 56.6 Å². The van der Waals surface area contributed by atoms with E-state index in [4.69, 9.17) is 4.74 Å². The number of ether oxygens (including phenoxy) is 1. The minimum Gasteiger partial charge on any atom is -0.444 e. The number of hydrogen-bond acceptors (Lipinski definition) is 6. The van der Waals surface area contributed by atoms with Gasteiger partial charge in [-0.2, -0.15) is 0 Å². The second kappa shape index (κ2) is 8.08. The number of likely N-dealkylation sites (tertiary alicyclic amines) is 1. The van der Waals surface area contributed by atoms with Gasteiger partial charge in [0.15, 0.2) is 5.65 Å². The van der Waals surface area contributed by atoms with E-state index in [1.54, 1.807) is 60.0 Å². The Morgan fingerprint density at radius 3 is 2.40 bits per heavy atom. The molecule has 1 amide bonds. The van der Waals surface area contributed by atoms with Gasteiger partial charge in [0.25, 0.3) is 10.0 Å². The first-order chi connectivity index (χ1) is 16.5. The van der Waals surface area contributed by atoms with Crippen molar-refractivity contribution in [1.82, 2.24) is 23.4 Å². The average molecular weight is 496 g/mol. The summed E-state index contributed by atoms with van der Waals surface area (Å²) in [6.07, 6.45) is 6.08. The standard InChI is InChI=1S/C25H29N5O4S/c1-24(2,3)34-23(31)28-14-11-25(4,12-15-28)29-17-27-20-16-26-22-19(21(20)29)10-13-30(22)35(32,33)18-8-6-5-7-9-18/h5-10,13,16-17H,11-12,14-15H2,1-4H3. The van der Waals surface area contributed by atoms with E-state index in [0.717, 1.165) is 10.9 Å². The highest BCUT2D eigenvalue weighted by Crippen LogP contribution is 2.36. The molecule has 1 saturated heterocycles. The zero-order valence-electron chi connectivity index (χ0n) is 20.3. The van der Waals surface area contributed by atoms with Gasteiger partial charge in [-0.05, 0) is 58.7 Å². The predicted molar refractivity (Wildman–Crippen MR) is 133 cm³/mol. The van der Waals surface area contributed by atoms with E-state index >= 15 is 0 Å². The third kappa shape index (κ3) is 4.05. The van der Waals surface area contributed by atoms with E-state index in [9.17, 15) is 13.2 Å². The molecule has 0 aliphatic carbocycles. The summed E-state index contributed by atoms with van der Waals surface area (Å²) in [7, 11) is -3.79. The number of nitrogens with zero attached hydrogens (tertiary/aromatic N) is 5. The maximum Gasteiger partial charge on any atom is 0.410 e. The predicted octanol–water partition coefficient (Wildman–Crippen LogP) is 4.37. The molecular weight excluding hydrogens is 466 g/mol. The van der Waals surface area contributed by atoms with E-state index in [1.807, 2.05) is 20.8 Å². The molecule has 0 atom stereocenters. The highest BCUT2D eigenvalue weighted by Gasteiger charge is 2.36. The molecule has 0 saturated carbocycles. The zero-order valence-corrected chi connectivity index (χ0v) is 21.1. The van der Waals surface area contributed by atoms with Gasteiger partial charge in [0.05, 0.1) is 22.9 Å². The SMILES string of the molecule is CC(C)(C)OC(=O)N1CCC(C)(n2cnc3cnc4c(ccn4S(=O)(=O)c4ccccc4)c32)CC1. The molecule has 0 radical (unpaired) electrons. The van der Waals surface area contributed by atoms with Gasteiger partial charge in [0.2, 0.25) is 0 Å². The molecule has 1 aliphatic heterocycles. The fourth-order valence-corrected chi connectivity index (χ4v) is 5.93. The quantitative estimate of drug-likeness (QED) is 0.419. The van der Waals surface area contributed by atoms with Crippen LogP contribution >= 0.6 is 0 Å². The lowest BCUT2D eigenvalue weighted by atomic mass is 9.89. The van der Waals surface area contributed by atoms with Gasteiger partial charge in [0, 0.05) is 30.2 Å². The topological polar surface area (TPSA) is 99.3 Å². The van der Waals surface area contributed by atoms with Gasteiger partial charge >= 0.3 is 6.09 Å². The number of fused-ring (bicyclic) bond motifs is 3. The molecule has 0 bridgehead atoms. The molecule has 4 aromatic rings. The molecule has 5 rings (SSSR count). The number of amides is 1. The highest BCUT2D eigenvalue weighted by atomic mass is 32.2. The van der Waals surface area contributed by atoms with Crippen molar-refractivity contribution in [2.75, 3.05) is 13.1 Å². The Morgan fingerprint density at radius 1 is 1.06 bits per heavy atom. The summed E-state index contributed by atoms with van der Waals surface area (Å²) in [6.45, 7) is 8.84. The van der Waals surface area contributed by atoms with Crippen molar-refractivity contribution in [2.24, 2.45) is 0 Å². The fourth-order valence-electron chi connectivity index (χ4n) is 4.61. The smallest absolute Gasteiger partial charge is 0.410 e. The Hall–Kier alpha value is -3.40. The summed E-state index contributed by atoms with van der Waals surface area (Å²) in [5.41, 5.74) is 1.05. The molecule has 4 heterocycles. The zero-order chi connectivity index (χ0) is 25.0. The molecule has 9 nitrogen and oxygen atoms in total. The van der Waals surface area contributed by atoms with Gasteiger partial charge in [-0.15, -0.1) is 0 Å². The van der Waals surface area contributed by atoms with Crippen LogP contribution in [0.3, 0.4) is 0 Å². The molecular formula is C25H29N5O4S. The first kappa shape index (κ1) is 23.3. The average Bonchev–Trinajstić information content (AvgIpc) is 3.44. The van der Waals surface area contributed by atoms with Crippen LogP contribution in [0.5, 0.6) is 0 Å². The lowest BCUT2D eigenvalue weighted by Gasteiger charge is -2.41. The summed E-state index contributed by atoms with van der Waals surface area (Å²) in [5.74, 6) is 0. The maximum atomic E-state index is 13.3. The summed E-state index contributed by atoms with van der Waals surface area (Å²) < 4.78 is 35.4. The van der Waals surface area contributed by atoms with Crippen molar-refractivity contribution < 1.29 is 17.9 Å². The summed E-state index contributed by atoms with van der Waals surface area (Å²) >= 11 is 0. The van der Waals surface area contributed by atoms with Crippen LogP contribution in [0.1, 0.15) is 40.5 Å². The van der Waals surface area contributed by atoms with Crippen LogP contribution in [0.15, 0.2) is 60.0 Å². The number of hydrogen-bond donors (Lipinski definition) is 0. The molecule has 35 heavy (non-hydrogen) atoms. The fraction of sp³-hybridized carbons (Fsp3) is 0.400. The van der Waals surface area contributed by atoms with Crippen LogP contribution in [-0.4, -0.2) is 56.6 Å². The first-order valence-electron chi connectivity index (χ1n) is 11.6. The minimum atomic E-state index is -3.79. The number of benzene rings is 1. The normalized spacial score (nSPS) is 16.6. The highest BCUT2D eigenvalue weighted by molar-refractivity contribution is 7.90. The van der Waals surface area contributed by atoms with Crippen molar-refractivity contribution in [3.8, 4) is 0 Å². The first-order valence-corrected chi connectivity index (χ1v) is 13.1. The van der Waals surface area contributed by atoms with Gasteiger partial charge in [-0.25, -0.2) is 27.2 Å². The Labute approximate surface area is 204 Å². The summed E-state index contributed by atoms with van der Waals surface area (Å²) in [4.78, 5) is 23.5. The lowest BCUT2D eigenvalue weighted by Crippen LogP contribution is -2.47. The Bertz CT molecular complexity index is 1510. The van der Waals surface area contributed by atoms with Gasteiger partial charge < -0.3 is 14.2 Å². The molecule has 10 heteroatoms. The third-order valence-electron chi connectivity index (χ3n) is 6.56. The molecule has 1 aromatic carbocycles. The number of pyridine rings is 1. The van der Waals surface area contributed by atoms with Gasteiger partial charge in [-0.3, -0.25) is 0 Å². The number of imidazole rings is 1. The van der Waals surface area contributed by atoms with Gasteiger partial charge in [0.1, 0.15) is 11.1 Å². The molecule has 1 fully saturated rings. The molecule has 0 unspecified atom stereocenters. The van der Waals surface area contributed by atoms with E-state index < -0.39 is 15.6 Å². The van der Waals surface area contributed by atoms with Crippen molar-refractivity contribution >= 4 is 38.2 Å². The Morgan fingerprint density at radius 2 is 1.74 bits per heavy atom. The lowest BCUT2D eigenvalue weighted by molar-refractivity contribution is 0.0133. The second-order valence-corrected chi connectivity index (χ2v) is 12.1. The third-order valence-corrected chi connectivity index (χ3v) is 8.24. The largest absolute Gasteiger partial charge is 0.444 e. The van der Waals surface area contributed by atoms with E-state index in [-0.39, 0.29) is 16.5 Å². The van der Waals surface area contributed by atoms with Crippen molar-refractivity contribution in [1.29, 1.82) is 0 Å². The number of rotatable bonds is 3. The number of piperidine rings is 1. The van der Waals surface area contributed by atoms with Crippen LogP contribution in [0, 0.1) is 0 Å².